The lowest BCUT2D eigenvalue weighted by Gasteiger charge is -2.60. The maximum Gasteiger partial charge on any atom is 0.239 e. The number of hydrogen-bond acceptors (Lipinski definition) is 10. The van der Waals surface area contributed by atoms with E-state index in [0.717, 1.165) is 77.5 Å². The Kier molecular flexibility index (Phi) is 14.9. The van der Waals surface area contributed by atoms with Gasteiger partial charge in [0.25, 0.3) is 0 Å². The molecule has 2 saturated carbocycles. The Labute approximate surface area is 370 Å². The van der Waals surface area contributed by atoms with E-state index in [2.05, 4.69) is 43.0 Å². The van der Waals surface area contributed by atoms with Crippen molar-refractivity contribution in [3.05, 3.63) is 126 Å². The van der Waals surface area contributed by atoms with E-state index in [4.69, 9.17) is 28.9 Å². The van der Waals surface area contributed by atoms with Crippen LogP contribution in [-0.2, 0) is 25.7 Å². The Morgan fingerprint density at radius 1 is 0.857 bits per heavy atom. The summed E-state index contributed by atoms with van der Waals surface area (Å²) in [6.45, 7) is 5.25. The molecular weight excluding hydrogens is 797 g/mol. The zero-order valence-corrected chi connectivity index (χ0v) is 36.2. The molecule has 1 heterocycles. The summed E-state index contributed by atoms with van der Waals surface area (Å²) in [7, 11) is 0. The van der Waals surface area contributed by atoms with Crippen LogP contribution in [-0.4, -0.2) is 89.9 Å². The number of fused-ring (bicyclic) bond motifs is 3. The van der Waals surface area contributed by atoms with Gasteiger partial charge in [-0.25, -0.2) is 0 Å². The number of aliphatic hydroxyl groups excluding tert-OH is 3. The lowest BCUT2D eigenvalue weighted by molar-refractivity contribution is -0.258. The molecule has 4 aliphatic rings. The first-order chi connectivity index (χ1) is 31.0. The molecule has 3 aliphatic carbocycles. The van der Waals surface area contributed by atoms with Crippen LogP contribution in [0.3, 0.4) is 0 Å². The van der Waals surface area contributed by atoms with Crippen molar-refractivity contribution >= 4 is 22.4 Å². The lowest BCUT2D eigenvalue weighted by atomic mass is 9.55. The molecule has 1 amide bonds. The van der Waals surface area contributed by atoms with Gasteiger partial charge in [-0.1, -0.05) is 90.8 Å². The third-order valence-corrected chi connectivity index (χ3v) is 13.1. The first-order valence-corrected chi connectivity index (χ1v) is 22.9. The number of ether oxygens (including phenoxy) is 4. The maximum absolute atomic E-state index is 14.6. The number of oxime groups is 1. The summed E-state index contributed by atoms with van der Waals surface area (Å²) in [5.41, 5.74) is 3.69. The summed E-state index contributed by atoms with van der Waals surface area (Å²) in [6.07, 6.45) is 10.7. The van der Waals surface area contributed by atoms with E-state index in [1.165, 1.54) is 0 Å². The smallest absolute Gasteiger partial charge is 0.239 e. The van der Waals surface area contributed by atoms with Crippen LogP contribution in [0.2, 0.25) is 0 Å². The van der Waals surface area contributed by atoms with Crippen molar-refractivity contribution in [1.82, 2.24) is 4.90 Å². The molecule has 334 valence electrons. The Morgan fingerprint density at radius 2 is 1.60 bits per heavy atom. The van der Waals surface area contributed by atoms with Crippen molar-refractivity contribution in [2.45, 2.75) is 82.1 Å². The van der Waals surface area contributed by atoms with Gasteiger partial charge < -0.3 is 44.0 Å². The van der Waals surface area contributed by atoms with Gasteiger partial charge in [0.1, 0.15) is 29.9 Å². The van der Waals surface area contributed by atoms with Crippen LogP contribution in [0.25, 0.3) is 10.8 Å². The second-order valence-corrected chi connectivity index (χ2v) is 17.3. The average Bonchev–Trinajstić information content (AvgIpc) is 4.16. The van der Waals surface area contributed by atoms with Gasteiger partial charge in [-0.2, -0.15) is 0 Å². The van der Waals surface area contributed by atoms with Crippen molar-refractivity contribution in [3.63, 3.8) is 0 Å². The van der Waals surface area contributed by atoms with Crippen LogP contribution >= 0.6 is 0 Å². The van der Waals surface area contributed by atoms with Gasteiger partial charge in [0.2, 0.25) is 11.7 Å². The standard InChI is InChI=1S/C52H62N2O9/c1-2-28-60-52-48(54(24-29-59-30-27-57)51(58)38-18-19-38)34-46(53-61-35-36-12-4-3-5-13-36)44-32-40(16-8-10-25-55)43(17-9-11-26-56)49(50(44)52)45-33-42(22-23-47(45)63-52)62-41-21-20-37-14-6-7-15-39(37)31-41/h2-7,12-15,20-23,31-33,38,40,43,48-50,55-57H,1,8-11,16-19,24-30,34-35H2. The molecular formula is C52H62N2O9. The highest BCUT2D eigenvalue weighted by molar-refractivity contribution is 6.03. The van der Waals surface area contributed by atoms with Gasteiger partial charge in [-0.15, -0.1) is 6.58 Å². The lowest BCUT2D eigenvalue weighted by Crippen LogP contribution is -2.70. The molecule has 0 saturated heterocycles. The molecule has 0 aromatic heterocycles. The normalized spacial score (nSPS) is 24.2. The monoisotopic (exact) mass is 858 g/mol. The summed E-state index contributed by atoms with van der Waals surface area (Å²) in [5, 5.41) is 36.7. The third-order valence-electron chi connectivity index (χ3n) is 13.1. The number of amides is 1. The van der Waals surface area contributed by atoms with Gasteiger partial charge in [0.05, 0.1) is 38.1 Å². The van der Waals surface area contributed by atoms with E-state index in [1.807, 2.05) is 65.6 Å². The summed E-state index contributed by atoms with van der Waals surface area (Å²) < 4.78 is 27.0. The SMILES string of the molecule is C=CCOC12Oc3ccc(Oc4ccc5ccccc5c4)cc3C3C(CCCCO)C(CCCCO)C=C(C(=NOCc4ccccc4)CC1N(CCOCCO)C(=O)C1CC1)C32. The minimum atomic E-state index is -1.37. The summed E-state index contributed by atoms with van der Waals surface area (Å²) in [4.78, 5) is 22.8. The number of aliphatic hydroxyl groups is 3. The second kappa shape index (κ2) is 21.1. The van der Waals surface area contributed by atoms with E-state index in [-0.39, 0.29) is 82.4 Å². The Balaban J connectivity index is 1.30. The molecule has 2 fully saturated rings. The van der Waals surface area contributed by atoms with E-state index in [1.54, 1.807) is 6.08 Å². The fourth-order valence-corrected chi connectivity index (χ4v) is 10.2. The zero-order valence-electron chi connectivity index (χ0n) is 36.2. The number of carbonyl (C=O) groups excluding carboxylic acids is 1. The number of carbonyl (C=O) groups is 1. The fourth-order valence-electron chi connectivity index (χ4n) is 10.2. The van der Waals surface area contributed by atoms with Crippen LogP contribution in [0.4, 0.5) is 0 Å². The molecule has 6 unspecified atom stereocenters. The summed E-state index contributed by atoms with van der Waals surface area (Å²) >= 11 is 0. The van der Waals surface area contributed by atoms with Crippen LogP contribution in [0, 0.1) is 23.7 Å². The second-order valence-electron chi connectivity index (χ2n) is 17.3. The summed E-state index contributed by atoms with van der Waals surface area (Å²) in [5.74, 6) is 0.120. The van der Waals surface area contributed by atoms with Gasteiger partial charge in [-0.05, 0) is 103 Å². The number of unbranched alkanes of at least 4 members (excludes halogenated alkanes) is 2. The number of allylic oxidation sites excluding steroid dienone is 1. The first kappa shape index (κ1) is 44.6. The Morgan fingerprint density at radius 3 is 2.37 bits per heavy atom. The minimum absolute atomic E-state index is 0.0217. The molecule has 11 heteroatoms. The Bertz CT molecular complexity index is 2220. The van der Waals surface area contributed by atoms with Crippen molar-refractivity contribution < 1.29 is 43.9 Å². The molecule has 0 bridgehead atoms. The zero-order chi connectivity index (χ0) is 43.6. The topological polar surface area (TPSA) is 140 Å². The number of benzene rings is 4. The largest absolute Gasteiger partial charge is 0.459 e. The molecule has 63 heavy (non-hydrogen) atoms. The minimum Gasteiger partial charge on any atom is -0.459 e. The number of nitrogens with zero attached hydrogens (tertiary/aromatic N) is 2. The predicted molar refractivity (Wildman–Crippen MR) is 243 cm³/mol. The summed E-state index contributed by atoms with van der Waals surface area (Å²) in [6, 6.07) is 29.6. The maximum atomic E-state index is 14.6. The first-order valence-electron chi connectivity index (χ1n) is 22.9. The molecule has 6 atom stereocenters. The van der Waals surface area contributed by atoms with Gasteiger partial charge >= 0.3 is 0 Å². The van der Waals surface area contributed by atoms with Gasteiger partial charge in [0.15, 0.2) is 0 Å². The third kappa shape index (κ3) is 10.0. The predicted octanol–water partition coefficient (Wildman–Crippen LogP) is 8.71. The molecule has 11 nitrogen and oxygen atoms in total. The molecule has 8 rings (SSSR count). The van der Waals surface area contributed by atoms with Crippen LogP contribution < -0.4 is 9.47 Å². The van der Waals surface area contributed by atoms with Crippen molar-refractivity contribution in [3.8, 4) is 17.2 Å². The highest BCUT2D eigenvalue weighted by Gasteiger charge is 2.66. The van der Waals surface area contributed by atoms with Gasteiger partial charge in [-0.3, -0.25) is 4.79 Å². The fraction of sp³-hybridized carbons (Fsp3) is 0.462. The Hall–Kier alpha value is -5.04. The average molecular weight is 859 g/mol. The molecule has 0 radical (unpaired) electrons. The van der Waals surface area contributed by atoms with Gasteiger partial charge in [0, 0.05) is 43.6 Å². The van der Waals surface area contributed by atoms with E-state index < -0.39 is 17.7 Å². The molecule has 4 aromatic carbocycles. The number of hydrogen-bond donors (Lipinski definition) is 3. The quantitative estimate of drug-likeness (QED) is 0.0380. The van der Waals surface area contributed by atoms with Crippen molar-refractivity contribution in [1.29, 1.82) is 0 Å². The van der Waals surface area contributed by atoms with E-state index in [0.29, 0.717) is 30.8 Å². The van der Waals surface area contributed by atoms with E-state index >= 15 is 0 Å². The highest BCUT2D eigenvalue weighted by atomic mass is 16.7. The molecule has 0 spiro atoms. The van der Waals surface area contributed by atoms with Crippen LogP contribution in [0.1, 0.15) is 74.8 Å². The van der Waals surface area contributed by atoms with Crippen LogP contribution in [0.15, 0.2) is 120 Å². The highest BCUT2D eigenvalue weighted by Crippen LogP contribution is 2.62. The molecule has 4 aromatic rings. The van der Waals surface area contributed by atoms with E-state index in [9.17, 15) is 20.1 Å². The molecule has 1 aliphatic heterocycles. The van der Waals surface area contributed by atoms with Crippen molar-refractivity contribution in [2.75, 3.05) is 46.2 Å². The number of rotatable bonds is 23. The molecule has 3 N–H and O–H groups in total. The van der Waals surface area contributed by atoms with Crippen molar-refractivity contribution in [2.24, 2.45) is 28.8 Å². The van der Waals surface area contributed by atoms with Crippen LogP contribution in [0.5, 0.6) is 17.2 Å².